The van der Waals surface area contributed by atoms with Crippen molar-refractivity contribution in [3.05, 3.63) is 36.2 Å². The number of aromatic nitrogens is 2. The summed E-state index contributed by atoms with van der Waals surface area (Å²) < 4.78 is 5.53. The number of rotatable bonds is 4. The van der Waals surface area contributed by atoms with Crippen molar-refractivity contribution in [2.45, 2.75) is 13.0 Å². The standard InChI is InChI=1S/C15H17N3O2/c1-9-15-13(4-5-17-9)12-3-2-11(6-14(12)18-15)20-8-10(19)7-16/h2-6,10,18-19H,7-8,16H2,1H3. The molecular weight excluding hydrogens is 254 g/mol. The van der Waals surface area contributed by atoms with Gasteiger partial charge >= 0.3 is 0 Å². The van der Waals surface area contributed by atoms with E-state index < -0.39 is 6.10 Å². The lowest BCUT2D eigenvalue weighted by atomic mass is 10.1. The molecule has 0 saturated heterocycles. The Morgan fingerprint density at radius 1 is 1.35 bits per heavy atom. The quantitative estimate of drug-likeness (QED) is 0.674. The molecule has 0 amide bonds. The maximum absolute atomic E-state index is 9.42. The number of H-pyrrole nitrogens is 1. The fourth-order valence-corrected chi connectivity index (χ4v) is 2.30. The van der Waals surface area contributed by atoms with Gasteiger partial charge in [-0.15, -0.1) is 0 Å². The lowest BCUT2D eigenvalue weighted by molar-refractivity contribution is 0.114. The number of aromatic amines is 1. The molecule has 0 aliphatic rings. The molecule has 3 aromatic rings. The number of nitrogens with two attached hydrogens (primary N) is 1. The molecule has 104 valence electrons. The smallest absolute Gasteiger partial charge is 0.121 e. The highest BCUT2D eigenvalue weighted by atomic mass is 16.5. The molecule has 0 saturated carbocycles. The third-order valence-electron chi connectivity index (χ3n) is 3.40. The number of benzene rings is 1. The molecule has 0 aliphatic heterocycles. The van der Waals surface area contributed by atoms with Crippen molar-refractivity contribution in [3.8, 4) is 5.75 Å². The van der Waals surface area contributed by atoms with Crippen LogP contribution in [0.25, 0.3) is 21.8 Å². The van der Waals surface area contributed by atoms with E-state index in [0.29, 0.717) is 5.75 Å². The lowest BCUT2D eigenvalue weighted by Crippen LogP contribution is -2.26. The minimum absolute atomic E-state index is 0.194. The van der Waals surface area contributed by atoms with E-state index in [4.69, 9.17) is 10.5 Å². The van der Waals surface area contributed by atoms with E-state index in [9.17, 15) is 5.11 Å². The van der Waals surface area contributed by atoms with Crippen LogP contribution in [0.15, 0.2) is 30.5 Å². The Hall–Kier alpha value is -2.11. The Morgan fingerprint density at radius 3 is 3.00 bits per heavy atom. The van der Waals surface area contributed by atoms with Gasteiger partial charge in [-0.2, -0.15) is 0 Å². The molecule has 3 rings (SSSR count). The van der Waals surface area contributed by atoms with E-state index in [-0.39, 0.29) is 13.2 Å². The Morgan fingerprint density at radius 2 is 2.20 bits per heavy atom. The van der Waals surface area contributed by atoms with Crippen molar-refractivity contribution in [1.82, 2.24) is 9.97 Å². The molecule has 0 spiro atoms. The highest BCUT2D eigenvalue weighted by Crippen LogP contribution is 2.29. The van der Waals surface area contributed by atoms with Gasteiger partial charge in [0, 0.05) is 29.6 Å². The van der Waals surface area contributed by atoms with Gasteiger partial charge in [-0.05, 0) is 25.1 Å². The van der Waals surface area contributed by atoms with Gasteiger partial charge in [-0.3, -0.25) is 4.98 Å². The van der Waals surface area contributed by atoms with Crippen molar-refractivity contribution in [2.24, 2.45) is 5.73 Å². The number of ether oxygens (including phenoxy) is 1. The minimum atomic E-state index is -0.639. The van der Waals surface area contributed by atoms with Crippen LogP contribution in [0.2, 0.25) is 0 Å². The molecule has 0 radical (unpaired) electrons. The number of fused-ring (bicyclic) bond motifs is 3. The van der Waals surface area contributed by atoms with Crippen LogP contribution in [0.5, 0.6) is 5.75 Å². The van der Waals surface area contributed by atoms with E-state index in [2.05, 4.69) is 9.97 Å². The zero-order valence-corrected chi connectivity index (χ0v) is 11.3. The van der Waals surface area contributed by atoms with Gasteiger partial charge in [-0.25, -0.2) is 0 Å². The highest BCUT2D eigenvalue weighted by Gasteiger charge is 2.08. The van der Waals surface area contributed by atoms with Crippen LogP contribution in [0.3, 0.4) is 0 Å². The predicted molar refractivity (Wildman–Crippen MR) is 78.9 cm³/mol. The van der Waals surface area contributed by atoms with Crippen LogP contribution in [-0.4, -0.2) is 34.3 Å². The Bertz CT molecular complexity index is 751. The molecule has 1 atom stereocenters. The summed E-state index contributed by atoms with van der Waals surface area (Å²) in [5.74, 6) is 0.710. The van der Waals surface area contributed by atoms with Gasteiger partial charge < -0.3 is 20.6 Å². The van der Waals surface area contributed by atoms with Crippen molar-refractivity contribution in [3.63, 3.8) is 0 Å². The molecule has 1 aromatic carbocycles. The summed E-state index contributed by atoms with van der Waals surface area (Å²) in [6, 6.07) is 7.84. The molecule has 4 N–H and O–H groups in total. The number of hydrogen-bond acceptors (Lipinski definition) is 4. The van der Waals surface area contributed by atoms with Gasteiger partial charge in [0.2, 0.25) is 0 Å². The third kappa shape index (κ3) is 2.21. The summed E-state index contributed by atoms with van der Waals surface area (Å²) >= 11 is 0. The zero-order valence-electron chi connectivity index (χ0n) is 11.3. The number of pyridine rings is 1. The predicted octanol–water partition coefficient (Wildman–Crippen LogP) is 1.72. The van der Waals surface area contributed by atoms with Gasteiger partial charge in [0.05, 0.1) is 16.7 Å². The first kappa shape index (κ1) is 12.9. The second-order valence-electron chi connectivity index (χ2n) is 4.85. The van der Waals surface area contributed by atoms with Crippen LogP contribution in [0.4, 0.5) is 0 Å². The second kappa shape index (κ2) is 5.11. The first-order valence-corrected chi connectivity index (χ1v) is 6.57. The van der Waals surface area contributed by atoms with Crippen LogP contribution in [0.1, 0.15) is 5.69 Å². The van der Waals surface area contributed by atoms with Crippen LogP contribution in [-0.2, 0) is 0 Å². The van der Waals surface area contributed by atoms with Gasteiger partial charge in [0.1, 0.15) is 18.5 Å². The molecule has 5 nitrogen and oxygen atoms in total. The van der Waals surface area contributed by atoms with Crippen LogP contribution >= 0.6 is 0 Å². The van der Waals surface area contributed by atoms with E-state index in [0.717, 1.165) is 27.5 Å². The van der Waals surface area contributed by atoms with E-state index in [1.165, 1.54) is 0 Å². The Balaban J connectivity index is 1.99. The fraction of sp³-hybridized carbons (Fsp3) is 0.267. The number of nitrogens with one attached hydrogen (secondary N) is 1. The number of nitrogens with zero attached hydrogens (tertiary/aromatic N) is 1. The lowest BCUT2D eigenvalue weighted by Gasteiger charge is -2.10. The van der Waals surface area contributed by atoms with E-state index in [1.54, 1.807) is 0 Å². The molecular formula is C15H17N3O2. The van der Waals surface area contributed by atoms with Crippen LogP contribution < -0.4 is 10.5 Å². The number of aryl methyl sites for hydroxylation is 1. The van der Waals surface area contributed by atoms with E-state index >= 15 is 0 Å². The average Bonchev–Trinajstić information content (AvgIpc) is 2.84. The first-order chi connectivity index (χ1) is 9.69. The van der Waals surface area contributed by atoms with Gasteiger partial charge in [0.15, 0.2) is 0 Å². The maximum Gasteiger partial charge on any atom is 0.121 e. The SMILES string of the molecule is Cc1nccc2c1[nH]c1cc(OCC(O)CN)ccc12. The fourth-order valence-electron chi connectivity index (χ4n) is 2.30. The maximum atomic E-state index is 9.42. The Labute approximate surface area is 116 Å². The highest BCUT2D eigenvalue weighted by molar-refractivity contribution is 6.08. The Kier molecular flexibility index (Phi) is 3.30. The van der Waals surface area contributed by atoms with Crippen molar-refractivity contribution in [2.75, 3.05) is 13.2 Å². The monoisotopic (exact) mass is 271 g/mol. The number of aliphatic hydroxyl groups excluding tert-OH is 1. The number of hydrogen-bond donors (Lipinski definition) is 3. The largest absolute Gasteiger partial charge is 0.491 e. The summed E-state index contributed by atoms with van der Waals surface area (Å²) in [6.45, 7) is 2.37. The summed E-state index contributed by atoms with van der Waals surface area (Å²) in [5, 5.41) is 11.7. The molecule has 2 aromatic heterocycles. The molecule has 1 unspecified atom stereocenters. The molecule has 5 heteroatoms. The summed E-state index contributed by atoms with van der Waals surface area (Å²) in [5.41, 5.74) is 8.36. The molecule has 0 aliphatic carbocycles. The van der Waals surface area contributed by atoms with Crippen molar-refractivity contribution >= 4 is 21.8 Å². The topological polar surface area (TPSA) is 84.2 Å². The first-order valence-electron chi connectivity index (χ1n) is 6.57. The van der Waals surface area contributed by atoms with Gasteiger partial charge in [0.25, 0.3) is 0 Å². The summed E-state index contributed by atoms with van der Waals surface area (Å²) in [4.78, 5) is 7.64. The van der Waals surface area contributed by atoms with Crippen molar-refractivity contribution in [1.29, 1.82) is 0 Å². The minimum Gasteiger partial charge on any atom is -0.491 e. The summed E-state index contributed by atoms with van der Waals surface area (Å²) in [7, 11) is 0. The molecule has 2 heterocycles. The van der Waals surface area contributed by atoms with E-state index in [1.807, 2.05) is 37.4 Å². The van der Waals surface area contributed by atoms with Crippen LogP contribution in [0, 0.1) is 6.92 Å². The zero-order chi connectivity index (χ0) is 14.1. The third-order valence-corrected chi connectivity index (χ3v) is 3.40. The molecule has 0 bridgehead atoms. The molecule has 20 heavy (non-hydrogen) atoms. The normalized spacial score (nSPS) is 12.9. The molecule has 0 fully saturated rings. The summed E-state index contributed by atoms with van der Waals surface area (Å²) in [6.07, 6.45) is 1.17. The number of aliphatic hydroxyl groups is 1. The average molecular weight is 271 g/mol. The van der Waals surface area contributed by atoms with Crippen molar-refractivity contribution < 1.29 is 9.84 Å². The van der Waals surface area contributed by atoms with Gasteiger partial charge in [-0.1, -0.05) is 0 Å². The second-order valence-corrected chi connectivity index (χ2v) is 4.85.